The van der Waals surface area contributed by atoms with E-state index in [2.05, 4.69) is 11.6 Å². The zero-order valence-electron chi connectivity index (χ0n) is 11.3. The van der Waals surface area contributed by atoms with Gasteiger partial charge in [0.15, 0.2) is 0 Å². The average molecular weight is 259 g/mol. The Morgan fingerprint density at radius 2 is 1.88 bits per heavy atom. The van der Waals surface area contributed by atoms with Crippen LogP contribution in [0.4, 0.5) is 0 Å². The third-order valence-electron chi connectivity index (χ3n) is 3.95. The fraction of sp³-hybridized carbons (Fsp3) is 1.00. The number of rotatable bonds is 9. The fourth-order valence-corrected chi connectivity index (χ4v) is 3.21. The molecule has 1 aliphatic rings. The first-order valence-corrected chi connectivity index (χ1v) is 8.53. The molecule has 0 aromatic heterocycles. The first-order valence-electron chi connectivity index (χ1n) is 7.13. The van der Waals surface area contributed by atoms with Crippen molar-refractivity contribution in [1.82, 2.24) is 5.32 Å². The molecular weight excluding hydrogens is 230 g/mol. The molecule has 17 heavy (non-hydrogen) atoms. The van der Waals surface area contributed by atoms with Gasteiger partial charge in [0.1, 0.15) is 0 Å². The summed E-state index contributed by atoms with van der Waals surface area (Å²) in [6, 6.07) is 0. The molecule has 1 saturated carbocycles. The Bertz CT molecular complexity index is 181. The molecular formula is C14H29NOS. The molecule has 0 amide bonds. The summed E-state index contributed by atoms with van der Waals surface area (Å²) < 4.78 is 0. The number of unbranched alkanes of at least 4 members (excludes halogenated alkanes) is 2. The second-order valence-electron chi connectivity index (χ2n) is 5.45. The van der Waals surface area contributed by atoms with E-state index in [0.29, 0.717) is 6.61 Å². The van der Waals surface area contributed by atoms with Crippen LogP contribution in [0.2, 0.25) is 0 Å². The fourth-order valence-electron chi connectivity index (χ4n) is 2.72. The molecule has 1 fully saturated rings. The van der Waals surface area contributed by atoms with Crippen LogP contribution in [0.25, 0.3) is 0 Å². The minimum atomic E-state index is 0.206. The topological polar surface area (TPSA) is 32.3 Å². The number of aliphatic hydroxyl groups excluding tert-OH is 1. The molecule has 0 unspecified atom stereocenters. The highest BCUT2D eigenvalue weighted by Gasteiger charge is 2.30. The zero-order chi connectivity index (χ0) is 12.4. The van der Waals surface area contributed by atoms with Crippen molar-refractivity contribution < 1.29 is 5.11 Å². The van der Waals surface area contributed by atoms with Crippen LogP contribution in [0.1, 0.15) is 51.4 Å². The maximum Gasteiger partial charge on any atom is 0.0499 e. The summed E-state index contributed by atoms with van der Waals surface area (Å²) in [5, 5.41) is 13.1. The Labute approximate surface area is 111 Å². The van der Waals surface area contributed by atoms with Gasteiger partial charge in [0.25, 0.3) is 0 Å². The average Bonchev–Trinajstić information content (AvgIpc) is 2.39. The van der Waals surface area contributed by atoms with Crippen molar-refractivity contribution in [2.24, 2.45) is 5.41 Å². The van der Waals surface area contributed by atoms with E-state index in [4.69, 9.17) is 0 Å². The molecule has 0 bridgehead atoms. The molecule has 0 radical (unpaired) electrons. The van der Waals surface area contributed by atoms with Crippen LogP contribution in [0.15, 0.2) is 0 Å². The van der Waals surface area contributed by atoms with E-state index >= 15 is 0 Å². The monoisotopic (exact) mass is 259 g/mol. The molecule has 0 aliphatic heterocycles. The zero-order valence-corrected chi connectivity index (χ0v) is 12.2. The first kappa shape index (κ1) is 15.3. The highest BCUT2D eigenvalue weighted by Crippen LogP contribution is 2.35. The SMILES string of the molecule is CSCCCCCNCC1(CO)CCCCC1. The van der Waals surface area contributed by atoms with E-state index in [1.54, 1.807) is 0 Å². The van der Waals surface area contributed by atoms with E-state index in [-0.39, 0.29) is 5.41 Å². The summed E-state index contributed by atoms with van der Waals surface area (Å²) in [4.78, 5) is 0. The van der Waals surface area contributed by atoms with Gasteiger partial charge in [0, 0.05) is 18.6 Å². The molecule has 0 saturated heterocycles. The number of hydrogen-bond donors (Lipinski definition) is 2. The second-order valence-corrected chi connectivity index (χ2v) is 6.43. The van der Waals surface area contributed by atoms with Gasteiger partial charge in [-0.25, -0.2) is 0 Å². The number of hydrogen-bond acceptors (Lipinski definition) is 3. The third kappa shape index (κ3) is 6.12. The van der Waals surface area contributed by atoms with Gasteiger partial charge >= 0.3 is 0 Å². The van der Waals surface area contributed by atoms with Crippen molar-refractivity contribution in [3.05, 3.63) is 0 Å². The Morgan fingerprint density at radius 3 is 2.53 bits per heavy atom. The first-order chi connectivity index (χ1) is 8.33. The lowest BCUT2D eigenvalue weighted by Gasteiger charge is -2.35. The van der Waals surface area contributed by atoms with Crippen molar-refractivity contribution in [3.63, 3.8) is 0 Å². The lowest BCUT2D eigenvalue weighted by molar-refractivity contribution is 0.0814. The lowest BCUT2D eigenvalue weighted by atomic mass is 9.74. The summed E-state index contributed by atoms with van der Waals surface area (Å²) in [6.45, 7) is 2.51. The van der Waals surface area contributed by atoms with Gasteiger partial charge in [0.2, 0.25) is 0 Å². The summed E-state index contributed by atoms with van der Waals surface area (Å²) in [5.41, 5.74) is 0.206. The molecule has 102 valence electrons. The molecule has 0 aromatic rings. The van der Waals surface area contributed by atoms with E-state index < -0.39 is 0 Å². The molecule has 3 heteroatoms. The Hall–Kier alpha value is 0.270. The molecule has 1 rings (SSSR count). The van der Waals surface area contributed by atoms with Crippen LogP contribution in [-0.4, -0.2) is 36.8 Å². The van der Waals surface area contributed by atoms with Crippen LogP contribution in [-0.2, 0) is 0 Å². The smallest absolute Gasteiger partial charge is 0.0499 e. The molecule has 1 aliphatic carbocycles. The van der Waals surface area contributed by atoms with Gasteiger partial charge in [-0.3, -0.25) is 0 Å². The summed E-state index contributed by atoms with van der Waals surface area (Å²) in [6.07, 6.45) is 12.5. The van der Waals surface area contributed by atoms with E-state index in [0.717, 1.165) is 13.1 Å². The molecule has 2 N–H and O–H groups in total. The quantitative estimate of drug-likeness (QED) is 0.624. The van der Waals surface area contributed by atoms with Crippen LogP contribution < -0.4 is 5.32 Å². The van der Waals surface area contributed by atoms with Crippen molar-refractivity contribution in [1.29, 1.82) is 0 Å². The largest absolute Gasteiger partial charge is 0.396 e. The highest BCUT2D eigenvalue weighted by atomic mass is 32.2. The molecule has 0 heterocycles. The van der Waals surface area contributed by atoms with Crippen molar-refractivity contribution in [2.45, 2.75) is 51.4 Å². The third-order valence-corrected chi connectivity index (χ3v) is 4.65. The van der Waals surface area contributed by atoms with E-state index in [1.165, 1.54) is 57.1 Å². The van der Waals surface area contributed by atoms with Gasteiger partial charge in [-0.1, -0.05) is 25.7 Å². The predicted octanol–water partition coefficient (Wildman–Crippen LogP) is 3.05. The second kappa shape index (κ2) is 9.23. The number of nitrogens with one attached hydrogen (secondary N) is 1. The molecule has 0 atom stereocenters. The van der Waals surface area contributed by atoms with Crippen LogP contribution in [0.3, 0.4) is 0 Å². The molecule has 0 aromatic carbocycles. The predicted molar refractivity (Wildman–Crippen MR) is 77.7 cm³/mol. The Balaban J connectivity index is 2.03. The molecule has 0 spiro atoms. The molecule has 2 nitrogen and oxygen atoms in total. The maximum absolute atomic E-state index is 9.57. The van der Waals surface area contributed by atoms with Crippen molar-refractivity contribution in [3.8, 4) is 0 Å². The highest BCUT2D eigenvalue weighted by molar-refractivity contribution is 7.98. The van der Waals surface area contributed by atoms with Gasteiger partial charge in [-0.2, -0.15) is 11.8 Å². The Morgan fingerprint density at radius 1 is 1.12 bits per heavy atom. The van der Waals surface area contributed by atoms with Crippen LogP contribution in [0, 0.1) is 5.41 Å². The summed E-state index contributed by atoms with van der Waals surface area (Å²) in [5.74, 6) is 1.29. The van der Waals surface area contributed by atoms with Gasteiger partial charge < -0.3 is 10.4 Å². The summed E-state index contributed by atoms with van der Waals surface area (Å²) in [7, 11) is 0. The van der Waals surface area contributed by atoms with Gasteiger partial charge in [-0.15, -0.1) is 0 Å². The number of aliphatic hydroxyl groups is 1. The normalized spacial score (nSPS) is 19.4. The lowest BCUT2D eigenvalue weighted by Crippen LogP contribution is -2.39. The van der Waals surface area contributed by atoms with Crippen molar-refractivity contribution in [2.75, 3.05) is 31.7 Å². The maximum atomic E-state index is 9.57. The standard InChI is InChI=1S/C14H29NOS/c1-17-11-7-3-6-10-15-12-14(13-16)8-4-2-5-9-14/h15-16H,2-13H2,1H3. The van der Waals surface area contributed by atoms with Crippen LogP contribution >= 0.6 is 11.8 Å². The van der Waals surface area contributed by atoms with Crippen LogP contribution in [0.5, 0.6) is 0 Å². The van der Waals surface area contributed by atoms with E-state index in [9.17, 15) is 5.11 Å². The minimum Gasteiger partial charge on any atom is -0.396 e. The van der Waals surface area contributed by atoms with E-state index in [1.807, 2.05) is 11.8 Å². The minimum absolute atomic E-state index is 0.206. The Kier molecular flexibility index (Phi) is 8.33. The summed E-state index contributed by atoms with van der Waals surface area (Å²) >= 11 is 1.94. The van der Waals surface area contributed by atoms with Crippen molar-refractivity contribution >= 4 is 11.8 Å². The number of thioether (sulfide) groups is 1. The van der Waals surface area contributed by atoms with Gasteiger partial charge in [-0.05, 0) is 44.2 Å². The van der Waals surface area contributed by atoms with Gasteiger partial charge in [0.05, 0.1) is 0 Å².